The van der Waals surface area contributed by atoms with E-state index in [2.05, 4.69) is 74.5 Å². The molecule has 0 saturated carbocycles. The van der Waals surface area contributed by atoms with Gasteiger partial charge in [0.1, 0.15) is 0 Å². The summed E-state index contributed by atoms with van der Waals surface area (Å²) in [5.74, 6) is 0. The summed E-state index contributed by atoms with van der Waals surface area (Å²) in [7, 11) is 0. The van der Waals surface area contributed by atoms with E-state index in [0.29, 0.717) is 0 Å². The summed E-state index contributed by atoms with van der Waals surface area (Å²) < 4.78 is 0. The summed E-state index contributed by atoms with van der Waals surface area (Å²) in [6.45, 7) is 4.53. The van der Waals surface area contributed by atoms with Crippen LogP contribution in [0.4, 0.5) is 0 Å². The molecule has 0 atom stereocenters. The van der Waals surface area contributed by atoms with E-state index in [-0.39, 0.29) is 0 Å². The number of benzene rings is 4. The van der Waals surface area contributed by atoms with Gasteiger partial charge in [-0.2, -0.15) is 0 Å². The smallest absolute Gasteiger partial charge is 0.00604 e. The molecule has 4 aromatic rings. The predicted octanol–water partition coefficient (Wildman–Crippen LogP) is 6.26. The third-order valence-electron chi connectivity index (χ3n) is 5.16. The Kier molecular flexibility index (Phi) is 2.17. The molecule has 0 amide bonds. The van der Waals surface area contributed by atoms with Gasteiger partial charge in [0.05, 0.1) is 0 Å². The Labute approximate surface area is 130 Å². The lowest BCUT2D eigenvalue weighted by atomic mass is 9.73. The monoisotopic (exact) mass is 280 g/mol. The lowest BCUT2D eigenvalue weighted by molar-refractivity contribution is 1.41. The Bertz CT molecular complexity index is 997. The van der Waals surface area contributed by atoms with E-state index >= 15 is 0 Å². The highest BCUT2D eigenvalue weighted by Crippen LogP contribution is 2.54. The first-order chi connectivity index (χ1) is 10.8. The zero-order valence-electron chi connectivity index (χ0n) is 12.8. The second kappa shape index (κ2) is 3.98. The van der Waals surface area contributed by atoms with Crippen molar-refractivity contribution >= 4 is 21.5 Å². The average molecular weight is 280 g/mol. The zero-order valence-corrected chi connectivity index (χ0v) is 12.8. The Morgan fingerprint density at radius 1 is 0.545 bits per heavy atom. The second-order valence-electron chi connectivity index (χ2n) is 6.29. The van der Waals surface area contributed by atoms with E-state index in [0.717, 1.165) is 0 Å². The van der Waals surface area contributed by atoms with Crippen LogP contribution in [0.5, 0.6) is 0 Å². The van der Waals surface area contributed by atoms with Crippen molar-refractivity contribution in [1.82, 2.24) is 0 Å². The van der Waals surface area contributed by atoms with Crippen molar-refractivity contribution in [3.63, 3.8) is 0 Å². The molecule has 0 spiro atoms. The molecule has 0 saturated heterocycles. The van der Waals surface area contributed by atoms with Gasteiger partial charge in [-0.15, -0.1) is 0 Å². The van der Waals surface area contributed by atoms with Gasteiger partial charge in [-0.1, -0.05) is 48.5 Å². The molecule has 0 nitrogen and oxygen atoms in total. The van der Waals surface area contributed by atoms with Gasteiger partial charge in [0.25, 0.3) is 0 Å². The topological polar surface area (TPSA) is 0 Å². The number of hydrogen-bond donors (Lipinski definition) is 0. The normalized spacial score (nSPS) is 12.1. The van der Waals surface area contributed by atoms with Crippen LogP contribution >= 0.6 is 0 Å². The van der Waals surface area contributed by atoms with E-state index in [1.807, 2.05) is 0 Å². The number of rotatable bonds is 0. The average Bonchev–Trinajstić information content (AvgIpc) is 2.55. The maximum absolute atomic E-state index is 2.36. The van der Waals surface area contributed by atoms with Gasteiger partial charge in [0.15, 0.2) is 0 Å². The van der Waals surface area contributed by atoms with Gasteiger partial charge in [0, 0.05) is 0 Å². The van der Waals surface area contributed by atoms with E-state index in [1.54, 1.807) is 0 Å². The molecular weight excluding hydrogens is 264 g/mol. The molecule has 1 aliphatic rings. The molecule has 0 unspecified atom stereocenters. The lowest BCUT2D eigenvalue weighted by Crippen LogP contribution is -2.05. The summed E-state index contributed by atoms with van der Waals surface area (Å²) >= 11 is 0. The van der Waals surface area contributed by atoms with Crippen LogP contribution in [0.1, 0.15) is 11.1 Å². The minimum atomic E-state index is 1.33. The largest absolute Gasteiger partial charge is 0.0616 e. The van der Waals surface area contributed by atoms with Crippen molar-refractivity contribution in [2.45, 2.75) is 13.8 Å². The molecule has 0 aromatic heterocycles. The lowest BCUT2D eigenvalue weighted by Gasteiger charge is -2.30. The second-order valence-corrected chi connectivity index (χ2v) is 6.29. The first-order valence-corrected chi connectivity index (χ1v) is 7.81. The highest BCUT2D eigenvalue weighted by atomic mass is 14.3. The van der Waals surface area contributed by atoms with Crippen LogP contribution in [0, 0.1) is 13.8 Å². The maximum Gasteiger partial charge on any atom is -0.00604 e. The van der Waals surface area contributed by atoms with Gasteiger partial charge in [-0.25, -0.2) is 0 Å². The molecule has 22 heavy (non-hydrogen) atoms. The van der Waals surface area contributed by atoms with Crippen molar-refractivity contribution in [2.75, 3.05) is 0 Å². The molecule has 0 bridgehead atoms. The highest BCUT2D eigenvalue weighted by molar-refractivity contribution is 6.15. The van der Waals surface area contributed by atoms with Crippen LogP contribution in [0.15, 0.2) is 60.7 Å². The quantitative estimate of drug-likeness (QED) is 0.314. The summed E-state index contributed by atoms with van der Waals surface area (Å²) in [6.07, 6.45) is 0. The number of aryl methyl sites for hydroxylation is 2. The summed E-state index contributed by atoms with van der Waals surface area (Å²) in [5, 5.41) is 5.43. The standard InChI is InChI=1S/C22H16/c1-13-17-9-5-6-10-18(17)14(2)22-20-12-16-8-4-3-7-15(16)11-19(20)21(13)22/h3-12H,1-2H3. The molecule has 0 heteroatoms. The summed E-state index contributed by atoms with van der Waals surface area (Å²) in [6, 6.07) is 22.1. The Balaban J connectivity index is 1.93. The first kappa shape index (κ1) is 12.0. The third kappa shape index (κ3) is 1.33. The third-order valence-corrected chi connectivity index (χ3v) is 5.16. The van der Waals surface area contributed by atoms with E-state index in [9.17, 15) is 0 Å². The molecule has 0 radical (unpaired) electrons. The van der Waals surface area contributed by atoms with Crippen LogP contribution in [0.2, 0.25) is 0 Å². The molecular formula is C22H16. The highest BCUT2D eigenvalue weighted by Gasteiger charge is 2.28. The van der Waals surface area contributed by atoms with Crippen LogP contribution in [0.25, 0.3) is 43.8 Å². The summed E-state index contributed by atoms with van der Waals surface area (Å²) in [4.78, 5) is 0. The van der Waals surface area contributed by atoms with Gasteiger partial charge in [-0.3, -0.25) is 0 Å². The Morgan fingerprint density at radius 3 is 1.41 bits per heavy atom. The number of fused-ring (bicyclic) bond motifs is 6. The van der Waals surface area contributed by atoms with Gasteiger partial charge in [-0.05, 0) is 80.9 Å². The molecule has 0 fully saturated rings. The zero-order chi connectivity index (χ0) is 14.8. The fourth-order valence-electron chi connectivity index (χ4n) is 4.05. The first-order valence-electron chi connectivity index (χ1n) is 7.81. The Morgan fingerprint density at radius 2 is 0.955 bits per heavy atom. The van der Waals surface area contributed by atoms with Crippen LogP contribution in [-0.2, 0) is 0 Å². The SMILES string of the molecule is Cc1c2c(c(C)c3ccccc13)-c1cc3ccccc3cc1-2. The van der Waals surface area contributed by atoms with Gasteiger partial charge in [0.2, 0.25) is 0 Å². The minimum Gasteiger partial charge on any atom is -0.0616 e. The van der Waals surface area contributed by atoms with E-state index < -0.39 is 0 Å². The molecule has 104 valence electrons. The minimum absolute atomic E-state index is 1.33. The van der Waals surface area contributed by atoms with Crippen molar-refractivity contribution in [2.24, 2.45) is 0 Å². The van der Waals surface area contributed by atoms with Crippen molar-refractivity contribution in [3.05, 3.63) is 71.8 Å². The molecule has 0 heterocycles. The van der Waals surface area contributed by atoms with Crippen molar-refractivity contribution < 1.29 is 0 Å². The van der Waals surface area contributed by atoms with Crippen LogP contribution < -0.4 is 0 Å². The Hall–Kier alpha value is -2.60. The fourth-order valence-corrected chi connectivity index (χ4v) is 4.05. The van der Waals surface area contributed by atoms with Crippen molar-refractivity contribution in [1.29, 1.82) is 0 Å². The predicted molar refractivity (Wildman–Crippen MR) is 95.4 cm³/mol. The van der Waals surface area contributed by atoms with Crippen LogP contribution in [-0.4, -0.2) is 0 Å². The van der Waals surface area contributed by atoms with Gasteiger partial charge >= 0.3 is 0 Å². The maximum atomic E-state index is 2.36. The number of hydrogen-bond acceptors (Lipinski definition) is 0. The van der Waals surface area contributed by atoms with Gasteiger partial charge < -0.3 is 0 Å². The summed E-state index contributed by atoms with van der Waals surface area (Å²) in [5.41, 5.74) is 8.58. The van der Waals surface area contributed by atoms with E-state index in [4.69, 9.17) is 0 Å². The molecule has 0 aliphatic heterocycles. The van der Waals surface area contributed by atoms with E-state index in [1.165, 1.54) is 54.9 Å². The molecule has 1 aliphatic carbocycles. The molecule has 5 rings (SSSR count). The fraction of sp³-hybridized carbons (Fsp3) is 0.0909. The molecule has 4 aromatic carbocycles. The van der Waals surface area contributed by atoms with Crippen molar-refractivity contribution in [3.8, 4) is 22.3 Å². The van der Waals surface area contributed by atoms with Crippen LogP contribution in [0.3, 0.4) is 0 Å². The molecule has 0 N–H and O–H groups in total.